The molecule has 0 atom stereocenters. The van der Waals surface area contributed by atoms with Crippen molar-refractivity contribution in [2.75, 3.05) is 4.72 Å². The Morgan fingerprint density at radius 2 is 2.10 bits per heavy atom. The van der Waals surface area contributed by atoms with E-state index in [4.69, 9.17) is 16.9 Å². The van der Waals surface area contributed by atoms with Crippen molar-refractivity contribution in [3.63, 3.8) is 0 Å². The molecule has 0 bridgehead atoms. The average molecular weight is 392 g/mol. The van der Waals surface area contributed by atoms with E-state index in [1.54, 1.807) is 6.07 Å². The fraction of sp³-hybridized carbons (Fsp3) is 0.0833. The first-order valence-electron chi connectivity index (χ1n) is 5.32. The van der Waals surface area contributed by atoms with Gasteiger partial charge in [0.25, 0.3) is 10.0 Å². The van der Waals surface area contributed by atoms with Crippen LogP contribution in [0.1, 0.15) is 11.1 Å². The number of halogens is 2. The van der Waals surface area contributed by atoms with Crippen molar-refractivity contribution in [2.24, 2.45) is 0 Å². The molecule has 0 aliphatic heterocycles. The summed E-state index contributed by atoms with van der Waals surface area (Å²) in [7, 11) is -3.69. The van der Waals surface area contributed by atoms with Gasteiger partial charge in [0.15, 0.2) is 0 Å². The van der Waals surface area contributed by atoms with Crippen molar-refractivity contribution in [1.29, 1.82) is 5.26 Å². The molecule has 1 aromatic heterocycles. The van der Waals surface area contributed by atoms with Crippen LogP contribution < -0.4 is 4.72 Å². The van der Waals surface area contributed by atoms with Crippen molar-refractivity contribution < 1.29 is 8.42 Å². The molecule has 0 unspecified atom stereocenters. The minimum absolute atomic E-state index is 0.181. The Kier molecular flexibility index (Phi) is 4.39. The minimum Gasteiger partial charge on any atom is -0.277 e. The van der Waals surface area contributed by atoms with E-state index in [1.807, 2.05) is 13.0 Å². The van der Waals surface area contributed by atoms with Crippen LogP contribution in [0.4, 0.5) is 5.69 Å². The number of aryl methyl sites for hydroxylation is 1. The summed E-state index contributed by atoms with van der Waals surface area (Å²) in [5.41, 5.74) is 1.46. The third kappa shape index (κ3) is 3.15. The molecule has 2 rings (SSSR count). The lowest BCUT2D eigenvalue weighted by Gasteiger charge is -2.08. The predicted molar refractivity (Wildman–Crippen MR) is 83.7 cm³/mol. The van der Waals surface area contributed by atoms with Crippen LogP contribution in [0, 0.1) is 18.3 Å². The van der Waals surface area contributed by atoms with E-state index in [2.05, 4.69) is 20.7 Å². The fourth-order valence-electron chi connectivity index (χ4n) is 1.43. The second-order valence-corrected chi connectivity index (χ2v) is 8.62. The highest BCUT2D eigenvalue weighted by Crippen LogP contribution is 2.32. The number of rotatable bonds is 3. The molecule has 0 aliphatic carbocycles. The van der Waals surface area contributed by atoms with Gasteiger partial charge in [-0.2, -0.15) is 5.26 Å². The summed E-state index contributed by atoms with van der Waals surface area (Å²) >= 11 is 10.4. The van der Waals surface area contributed by atoms with E-state index in [1.165, 1.54) is 18.2 Å². The van der Waals surface area contributed by atoms with E-state index in [9.17, 15) is 8.42 Å². The van der Waals surface area contributed by atoms with Crippen LogP contribution in [-0.4, -0.2) is 8.42 Å². The standard InChI is InChI=1S/C12H8BrClN2O2S2/c1-7-4-11(19-12(7)13)20(17,18)16-10-3-2-8(6-15)5-9(10)14/h2-5,16H,1H3. The molecule has 0 amide bonds. The molecule has 2 aromatic rings. The van der Waals surface area contributed by atoms with Gasteiger partial charge in [-0.3, -0.25) is 4.72 Å². The molecule has 0 saturated heterocycles. The molecular formula is C12H8BrClN2O2S2. The third-order valence-electron chi connectivity index (χ3n) is 2.44. The van der Waals surface area contributed by atoms with Gasteiger partial charge >= 0.3 is 0 Å². The molecule has 0 radical (unpaired) electrons. The quantitative estimate of drug-likeness (QED) is 0.854. The Balaban J connectivity index is 2.36. The highest BCUT2D eigenvalue weighted by Gasteiger charge is 2.19. The maximum absolute atomic E-state index is 12.2. The fourth-order valence-corrected chi connectivity index (χ4v) is 5.02. The van der Waals surface area contributed by atoms with Gasteiger partial charge in [0.1, 0.15) is 4.21 Å². The second-order valence-electron chi connectivity index (χ2n) is 3.93. The van der Waals surface area contributed by atoms with Gasteiger partial charge in [-0.05, 0) is 52.7 Å². The number of sulfonamides is 1. The summed E-state index contributed by atoms with van der Waals surface area (Å²) in [5, 5.41) is 8.93. The second kappa shape index (κ2) is 5.74. The van der Waals surface area contributed by atoms with Gasteiger partial charge in [-0.25, -0.2) is 8.42 Å². The van der Waals surface area contributed by atoms with Gasteiger partial charge in [-0.15, -0.1) is 11.3 Å². The Morgan fingerprint density at radius 3 is 2.60 bits per heavy atom. The number of anilines is 1. The molecular weight excluding hydrogens is 384 g/mol. The zero-order valence-electron chi connectivity index (χ0n) is 10.1. The maximum atomic E-state index is 12.2. The van der Waals surface area contributed by atoms with Gasteiger partial charge < -0.3 is 0 Å². The van der Waals surface area contributed by atoms with Crippen LogP contribution in [0.25, 0.3) is 0 Å². The topological polar surface area (TPSA) is 70.0 Å². The van der Waals surface area contributed by atoms with E-state index in [0.717, 1.165) is 20.7 Å². The van der Waals surface area contributed by atoms with Crippen LogP contribution in [0.3, 0.4) is 0 Å². The predicted octanol–water partition coefficient (Wildman–Crippen LogP) is 4.14. The number of nitriles is 1. The number of hydrogen-bond donors (Lipinski definition) is 1. The van der Waals surface area contributed by atoms with Crippen molar-refractivity contribution in [2.45, 2.75) is 11.1 Å². The Morgan fingerprint density at radius 1 is 1.40 bits per heavy atom. The molecule has 0 saturated carbocycles. The number of nitrogens with one attached hydrogen (secondary N) is 1. The molecule has 8 heteroatoms. The Bertz CT molecular complexity index is 790. The molecule has 4 nitrogen and oxygen atoms in total. The normalized spacial score (nSPS) is 11.1. The highest BCUT2D eigenvalue weighted by atomic mass is 79.9. The molecule has 0 spiro atoms. The van der Waals surface area contributed by atoms with Crippen molar-refractivity contribution >= 4 is 54.6 Å². The SMILES string of the molecule is Cc1cc(S(=O)(=O)Nc2ccc(C#N)cc2Cl)sc1Br. The first-order chi connectivity index (χ1) is 9.33. The van der Waals surface area contributed by atoms with E-state index >= 15 is 0 Å². The van der Waals surface area contributed by atoms with E-state index in [-0.39, 0.29) is 14.9 Å². The van der Waals surface area contributed by atoms with E-state index < -0.39 is 10.0 Å². The minimum atomic E-state index is -3.69. The summed E-state index contributed by atoms with van der Waals surface area (Å²) in [6.07, 6.45) is 0. The molecule has 1 heterocycles. The molecule has 20 heavy (non-hydrogen) atoms. The summed E-state index contributed by atoms with van der Waals surface area (Å²) in [4.78, 5) is 0. The van der Waals surface area contributed by atoms with Crippen LogP contribution in [-0.2, 0) is 10.0 Å². The zero-order valence-corrected chi connectivity index (χ0v) is 14.1. The lowest BCUT2D eigenvalue weighted by Crippen LogP contribution is -2.11. The van der Waals surface area contributed by atoms with Gasteiger partial charge in [0, 0.05) is 0 Å². The smallest absolute Gasteiger partial charge is 0.271 e. The maximum Gasteiger partial charge on any atom is 0.271 e. The highest BCUT2D eigenvalue weighted by molar-refractivity contribution is 9.11. The van der Waals surface area contributed by atoms with Crippen molar-refractivity contribution in [3.05, 3.63) is 44.2 Å². The van der Waals surface area contributed by atoms with Gasteiger partial charge in [0.05, 0.1) is 26.1 Å². The average Bonchev–Trinajstić information content (AvgIpc) is 2.73. The van der Waals surface area contributed by atoms with Crippen molar-refractivity contribution in [1.82, 2.24) is 0 Å². The molecule has 1 aromatic carbocycles. The Labute approximate surface area is 134 Å². The van der Waals surface area contributed by atoms with Crippen LogP contribution in [0.15, 0.2) is 32.3 Å². The molecule has 104 valence electrons. The molecule has 0 aliphatic rings. The summed E-state index contributed by atoms with van der Waals surface area (Å²) in [5.74, 6) is 0. The third-order valence-corrected chi connectivity index (χ3v) is 6.73. The summed E-state index contributed by atoms with van der Waals surface area (Å²) in [6, 6.07) is 7.89. The number of hydrogen-bond acceptors (Lipinski definition) is 4. The van der Waals surface area contributed by atoms with E-state index in [0.29, 0.717) is 5.56 Å². The first-order valence-corrected chi connectivity index (χ1v) is 8.79. The monoisotopic (exact) mass is 390 g/mol. The van der Waals surface area contributed by atoms with Crippen LogP contribution in [0.2, 0.25) is 5.02 Å². The lowest BCUT2D eigenvalue weighted by atomic mass is 10.2. The van der Waals surface area contributed by atoms with Gasteiger partial charge in [-0.1, -0.05) is 11.6 Å². The van der Waals surface area contributed by atoms with Gasteiger partial charge in [0.2, 0.25) is 0 Å². The van der Waals surface area contributed by atoms with Crippen molar-refractivity contribution in [3.8, 4) is 6.07 Å². The largest absolute Gasteiger partial charge is 0.277 e. The first kappa shape index (κ1) is 15.3. The van der Waals surface area contributed by atoms with Crippen LogP contribution in [0.5, 0.6) is 0 Å². The number of benzene rings is 1. The number of thiophene rings is 1. The molecule has 1 N–H and O–H groups in total. The summed E-state index contributed by atoms with van der Waals surface area (Å²) in [6.45, 7) is 1.81. The van der Waals surface area contributed by atoms with Crippen LogP contribution >= 0.6 is 38.9 Å². The lowest BCUT2D eigenvalue weighted by molar-refractivity contribution is 0.603. The Hall–Kier alpha value is -1.07. The summed E-state index contributed by atoms with van der Waals surface area (Å²) < 4.78 is 27.8. The number of nitrogens with zero attached hydrogens (tertiary/aromatic N) is 1. The zero-order chi connectivity index (χ0) is 14.9. The molecule has 0 fully saturated rings.